The number of nitrogens with zero attached hydrogens (tertiary/aromatic N) is 6. The van der Waals surface area contributed by atoms with Crippen LogP contribution in [0.3, 0.4) is 0 Å². The quantitative estimate of drug-likeness (QED) is 0.325. The van der Waals surface area contributed by atoms with Crippen molar-refractivity contribution in [1.82, 2.24) is 24.3 Å². The third-order valence-corrected chi connectivity index (χ3v) is 8.46. The van der Waals surface area contributed by atoms with E-state index >= 15 is 0 Å². The Morgan fingerprint density at radius 3 is 2.18 bits per heavy atom. The van der Waals surface area contributed by atoms with E-state index in [1.165, 1.54) is 0 Å². The van der Waals surface area contributed by atoms with Crippen molar-refractivity contribution in [1.29, 1.82) is 0 Å². The number of carbonyl (C=O) groups excluding carboxylic acids is 2. The number of benzene rings is 2. The molecule has 44 heavy (non-hydrogen) atoms. The molecule has 6 rings (SSSR count). The lowest BCUT2D eigenvalue weighted by Crippen LogP contribution is -2.52. The molecule has 3 amide bonds. The van der Waals surface area contributed by atoms with Crippen LogP contribution in [0.25, 0.3) is 22.4 Å². The smallest absolute Gasteiger partial charge is 0.323 e. The van der Waals surface area contributed by atoms with E-state index in [1.807, 2.05) is 29.2 Å². The SMILES string of the molecule is CC(C)n1ccc2c(N3CCOCC3)nc(-c3ccc(NC(=O)Nc4ccc(C(=O)N5CCN(C)[C@@H](C)C5)cc4)cc3)nc21. The number of hydrogen-bond acceptors (Lipinski definition) is 7. The molecule has 2 saturated heterocycles. The van der Waals surface area contributed by atoms with Crippen molar-refractivity contribution in [3.8, 4) is 11.4 Å². The summed E-state index contributed by atoms with van der Waals surface area (Å²) < 4.78 is 7.74. The highest BCUT2D eigenvalue weighted by Gasteiger charge is 2.25. The molecule has 230 valence electrons. The van der Waals surface area contributed by atoms with E-state index in [2.05, 4.69) is 65.1 Å². The minimum atomic E-state index is -0.369. The molecule has 4 heterocycles. The second-order valence-corrected chi connectivity index (χ2v) is 11.8. The highest BCUT2D eigenvalue weighted by Crippen LogP contribution is 2.31. The van der Waals surface area contributed by atoms with E-state index in [4.69, 9.17) is 14.7 Å². The molecule has 2 aliphatic heterocycles. The Labute approximate surface area is 257 Å². The second-order valence-electron chi connectivity index (χ2n) is 11.8. The first-order valence-corrected chi connectivity index (χ1v) is 15.3. The average Bonchev–Trinajstić information content (AvgIpc) is 3.47. The van der Waals surface area contributed by atoms with Gasteiger partial charge in [-0.15, -0.1) is 0 Å². The Bertz CT molecular complexity index is 1630. The molecule has 11 nitrogen and oxygen atoms in total. The molecule has 4 aromatic rings. The van der Waals surface area contributed by atoms with Gasteiger partial charge in [-0.05, 0) is 82.4 Å². The van der Waals surface area contributed by atoms with E-state index in [1.54, 1.807) is 24.3 Å². The van der Waals surface area contributed by atoms with Crippen LogP contribution >= 0.6 is 0 Å². The second kappa shape index (κ2) is 12.6. The number of ether oxygens (including phenoxy) is 1. The van der Waals surface area contributed by atoms with Gasteiger partial charge in [0.25, 0.3) is 5.91 Å². The summed E-state index contributed by atoms with van der Waals surface area (Å²) in [7, 11) is 2.08. The van der Waals surface area contributed by atoms with Gasteiger partial charge in [-0.2, -0.15) is 0 Å². The Kier molecular flexibility index (Phi) is 8.49. The lowest BCUT2D eigenvalue weighted by Gasteiger charge is -2.37. The van der Waals surface area contributed by atoms with Gasteiger partial charge in [-0.1, -0.05) is 0 Å². The minimum absolute atomic E-state index is 0.0126. The summed E-state index contributed by atoms with van der Waals surface area (Å²) in [6.07, 6.45) is 2.07. The van der Waals surface area contributed by atoms with Gasteiger partial charge in [0.2, 0.25) is 0 Å². The fourth-order valence-corrected chi connectivity index (χ4v) is 5.69. The number of anilines is 3. The Hall–Kier alpha value is -4.48. The maximum Gasteiger partial charge on any atom is 0.323 e. The van der Waals surface area contributed by atoms with Crippen molar-refractivity contribution in [2.75, 3.05) is 68.5 Å². The number of aromatic nitrogens is 3. The van der Waals surface area contributed by atoms with Crippen LogP contribution in [0.4, 0.5) is 22.0 Å². The largest absolute Gasteiger partial charge is 0.378 e. The monoisotopic (exact) mass is 596 g/mol. The minimum Gasteiger partial charge on any atom is -0.378 e. The number of fused-ring (bicyclic) bond motifs is 1. The molecule has 2 fully saturated rings. The topological polar surface area (TPSA) is 108 Å². The maximum atomic E-state index is 12.9. The molecular weight excluding hydrogens is 556 g/mol. The molecule has 0 aliphatic carbocycles. The first-order valence-electron chi connectivity index (χ1n) is 15.3. The number of amides is 3. The standard InChI is InChI=1S/C33H40N8O3/c1-22(2)41-14-13-28-30(39-17-19-44-20-18-39)36-29(37-31(28)41)24-5-9-26(10-6-24)34-33(43)35-27-11-7-25(8-12-27)32(42)40-16-15-38(4)23(3)21-40/h5-14,22-23H,15-21H2,1-4H3,(H2,34,35,43)/t23-/m0/s1. The molecule has 2 aromatic heterocycles. The highest BCUT2D eigenvalue weighted by molar-refractivity contribution is 6.00. The van der Waals surface area contributed by atoms with Crippen molar-refractivity contribution in [2.24, 2.45) is 0 Å². The molecule has 0 unspecified atom stereocenters. The number of nitrogens with one attached hydrogen (secondary N) is 2. The van der Waals surface area contributed by atoms with Crippen molar-refractivity contribution in [2.45, 2.75) is 32.9 Å². The van der Waals surface area contributed by atoms with E-state index in [0.29, 0.717) is 55.1 Å². The summed E-state index contributed by atoms with van der Waals surface area (Å²) in [4.78, 5) is 42.0. The maximum absolute atomic E-state index is 12.9. The molecule has 2 aromatic carbocycles. The number of morpholine rings is 1. The van der Waals surface area contributed by atoms with Crippen LogP contribution in [0.5, 0.6) is 0 Å². The lowest BCUT2D eigenvalue weighted by molar-refractivity contribution is 0.0572. The van der Waals surface area contributed by atoms with Crippen molar-refractivity contribution in [3.63, 3.8) is 0 Å². The summed E-state index contributed by atoms with van der Waals surface area (Å²) in [6.45, 7) is 11.6. The lowest BCUT2D eigenvalue weighted by atomic mass is 10.1. The first kappa shape index (κ1) is 29.6. The van der Waals surface area contributed by atoms with Crippen LogP contribution in [0.1, 0.15) is 37.2 Å². The summed E-state index contributed by atoms with van der Waals surface area (Å²) in [6, 6.07) is 16.9. The van der Waals surface area contributed by atoms with Crippen molar-refractivity contribution >= 4 is 40.2 Å². The average molecular weight is 597 g/mol. The zero-order valence-electron chi connectivity index (χ0n) is 25.8. The summed E-state index contributed by atoms with van der Waals surface area (Å²) >= 11 is 0. The normalized spacial score (nSPS) is 17.7. The first-order chi connectivity index (χ1) is 21.3. The van der Waals surface area contributed by atoms with E-state index < -0.39 is 0 Å². The zero-order chi connectivity index (χ0) is 30.8. The van der Waals surface area contributed by atoms with Crippen LogP contribution in [0.15, 0.2) is 60.8 Å². The van der Waals surface area contributed by atoms with Gasteiger partial charge >= 0.3 is 6.03 Å². The van der Waals surface area contributed by atoms with Gasteiger partial charge < -0.3 is 34.6 Å². The number of rotatable bonds is 6. The third-order valence-electron chi connectivity index (χ3n) is 8.46. The zero-order valence-corrected chi connectivity index (χ0v) is 25.8. The molecule has 0 radical (unpaired) electrons. The fraction of sp³-hybridized carbons (Fsp3) is 0.394. The van der Waals surface area contributed by atoms with Gasteiger partial charge in [0.05, 0.1) is 18.6 Å². The van der Waals surface area contributed by atoms with E-state index in [0.717, 1.165) is 42.0 Å². The number of carbonyl (C=O) groups is 2. The highest BCUT2D eigenvalue weighted by atomic mass is 16.5. The molecule has 0 saturated carbocycles. The predicted octanol–water partition coefficient (Wildman–Crippen LogP) is 4.94. The summed E-state index contributed by atoms with van der Waals surface area (Å²) in [5, 5.41) is 6.76. The Balaban J connectivity index is 1.12. The van der Waals surface area contributed by atoms with Crippen LogP contribution < -0.4 is 15.5 Å². The molecule has 2 N–H and O–H groups in total. The molecule has 0 bridgehead atoms. The van der Waals surface area contributed by atoms with Crippen LogP contribution in [-0.2, 0) is 4.74 Å². The number of hydrogen-bond donors (Lipinski definition) is 2. The fourth-order valence-electron chi connectivity index (χ4n) is 5.69. The molecule has 0 spiro atoms. The molecule has 1 atom stereocenters. The molecular formula is C33H40N8O3. The van der Waals surface area contributed by atoms with Crippen molar-refractivity contribution in [3.05, 3.63) is 66.4 Å². The van der Waals surface area contributed by atoms with Crippen LogP contribution in [-0.4, -0.2) is 95.3 Å². The number of likely N-dealkylation sites (N-methyl/N-ethyl adjacent to an activating group) is 1. The van der Waals surface area contributed by atoms with Crippen LogP contribution in [0.2, 0.25) is 0 Å². The van der Waals surface area contributed by atoms with Gasteiger partial charge in [-0.3, -0.25) is 4.79 Å². The van der Waals surface area contributed by atoms with Crippen LogP contribution in [0, 0.1) is 0 Å². The van der Waals surface area contributed by atoms with Gasteiger partial charge in [0.1, 0.15) is 11.5 Å². The molecule has 2 aliphatic rings. The van der Waals surface area contributed by atoms with Gasteiger partial charge in [0.15, 0.2) is 5.82 Å². The third kappa shape index (κ3) is 6.24. The predicted molar refractivity (Wildman–Crippen MR) is 173 cm³/mol. The van der Waals surface area contributed by atoms with Gasteiger partial charge in [-0.25, -0.2) is 14.8 Å². The number of piperazine rings is 1. The van der Waals surface area contributed by atoms with Gasteiger partial charge in [0, 0.05) is 73.5 Å². The Morgan fingerprint density at radius 2 is 1.55 bits per heavy atom. The summed E-state index contributed by atoms with van der Waals surface area (Å²) in [5.41, 5.74) is 3.62. The van der Waals surface area contributed by atoms with E-state index in [-0.39, 0.29) is 18.0 Å². The van der Waals surface area contributed by atoms with Crippen molar-refractivity contribution < 1.29 is 14.3 Å². The van der Waals surface area contributed by atoms with E-state index in [9.17, 15) is 9.59 Å². The number of urea groups is 1. The summed E-state index contributed by atoms with van der Waals surface area (Å²) in [5.74, 6) is 1.56. The molecule has 11 heteroatoms. The Morgan fingerprint density at radius 1 is 0.886 bits per heavy atom.